The summed E-state index contributed by atoms with van der Waals surface area (Å²) in [5.74, 6) is 0.0988. The molecule has 0 spiro atoms. The molecular weight excluding hydrogens is 401 g/mol. The van der Waals surface area contributed by atoms with Crippen LogP contribution in [0.5, 0.6) is 5.75 Å². The van der Waals surface area contributed by atoms with Gasteiger partial charge in [0.1, 0.15) is 11.2 Å². The minimum absolute atomic E-state index is 0.00627. The van der Waals surface area contributed by atoms with Gasteiger partial charge in [0.15, 0.2) is 11.6 Å². The first-order valence-electron chi connectivity index (χ1n) is 10.9. The Hall–Kier alpha value is -2.86. The van der Waals surface area contributed by atoms with Crippen LogP contribution in [0.25, 0.3) is 15.7 Å². The fourth-order valence-electron chi connectivity index (χ4n) is 5.15. The predicted molar refractivity (Wildman–Crippen MR) is 115 cm³/mol. The molecule has 2 aliphatic carbocycles. The van der Waals surface area contributed by atoms with E-state index in [2.05, 4.69) is 15.1 Å². The molecule has 0 amide bonds. The SMILES string of the molecule is [C-]#[N+]CCNC1(C2CCN(c3c(F)cc4c(=O)[nH]c(=O)n(C5CC5)c4c3OC)C2)CC1. The topological polar surface area (TPSA) is 83.7 Å². The fourth-order valence-corrected chi connectivity index (χ4v) is 5.15. The second-order valence-corrected chi connectivity index (χ2v) is 8.89. The van der Waals surface area contributed by atoms with Gasteiger partial charge < -0.3 is 19.8 Å². The smallest absolute Gasteiger partial charge is 0.329 e. The maximum absolute atomic E-state index is 15.3. The first kappa shape index (κ1) is 20.1. The zero-order chi connectivity index (χ0) is 21.8. The summed E-state index contributed by atoms with van der Waals surface area (Å²) >= 11 is 0. The molecule has 1 aromatic heterocycles. The molecule has 1 aliphatic heterocycles. The standard InChI is InChI=1S/C22H26FN5O3/c1-24-8-9-25-22(6-7-22)13-5-10-27(12-13)18-16(23)11-15-17(19(18)31-2)28(14-3-4-14)21(30)26-20(15)29/h11,13-14,25H,3-10,12H2,2H3,(H,26,29,30). The second kappa shape index (κ2) is 7.38. The molecule has 3 aliphatic rings. The lowest BCUT2D eigenvalue weighted by Crippen LogP contribution is -2.41. The highest BCUT2D eigenvalue weighted by Gasteiger charge is 2.51. The average molecular weight is 427 g/mol. The van der Waals surface area contributed by atoms with Crippen LogP contribution < -0.4 is 26.2 Å². The quantitative estimate of drug-likeness (QED) is 0.522. The molecule has 1 saturated heterocycles. The highest BCUT2D eigenvalue weighted by atomic mass is 19.1. The summed E-state index contributed by atoms with van der Waals surface area (Å²) < 4.78 is 22.5. The number of nitrogens with one attached hydrogen (secondary N) is 2. The molecular formula is C22H26FN5O3. The molecule has 1 atom stereocenters. The maximum Gasteiger partial charge on any atom is 0.329 e. The van der Waals surface area contributed by atoms with Crippen molar-refractivity contribution in [3.05, 3.63) is 44.1 Å². The molecule has 9 heteroatoms. The van der Waals surface area contributed by atoms with Crippen molar-refractivity contribution in [3.8, 4) is 5.75 Å². The first-order valence-corrected chi connectivity index (χ1v) is 10.9. The molecule has 0 radical (unpaired) electrons. The van der Waals surface area contributed by atoms with E-state index < -0.39 is 17.1 Å². The van der Waals surface area contributed by atoms with E-state index >= 15 is 4.39 Å². The molecule has 164 valence electrons. The van der Waals surface area contributed by atoms with Gasteiger partial charge in [0.2, 0.25) is 6.54 Å². The molecule has 2 saturated carbocycles. The third-order valence-electron chi connectivity index (χ3n) is 7.00. The number of anilines is 1. The van der Waals surface area contributed by atoms with Gasteiger partial charge in [-0.3, -0.25) is 14.3 Å². The summed E-state index contributed by atoms with van der Waals surface area (Å²) in [5, 5.41) is 3.69. The number of hydrogen-bond donors (Lipinski definition) is 2. The van der Waals surface area contributed by atoms with Crippen LogP contribution in [-0.4, -0.2) is 48.4 Å². The van der Waals surface area contributed by atoms with Crippen molar-refractivity contribution in [1.82, 2.24) is 14.9 Å². The van der Waals surface area contributed by atoms with Crippen LogP contribution in [0.2, 0.25) is 0 Å². The lowest BCUT2D eigenvalue weighted by atomic mass is 9.96. The van der Waals surface area contributed by atoms with Gasteiger partial charge in [0, 0.05) is 24.7 Å². The van der Waals surface area contributed by atoms with Crippen molar-refractivity contribution >= 4 is 16.6 Å². The predicted octanol–water partition coefficient (Wildman–Crippen LogP) is 2.04. The lowest BCUT2D eigenvalue weighted by Gasteiger charge is -2.27. The van der Waals surface area contributed by atoms with Crippen molar-refractivity contribution in [2.45, 2.75) is 43.7 Å². The zero-order valence-electron chi connectivity index (χ0n) is 17.5. The molecule has 2 heterocycles. The summed E-state index contributed by atoms with van der Waals surface area (Å²) in [4.78, 5) is 32.7. The van der Waals surface area contributed by atoms with Gasteiger partial charge in [-0.25, -0.2) is 15.8 Å². The van der Waals surface area contributed by atoms with E-state index in [4.69, 9.17) is 11.3 Å². The number of nitrogens with zero attached hydrogens (tertiary/aromatic N) is 3. The average Bonchev–Trinajstić information content (AvgIpc) is 3.67. The van der Waals surface area contributed by atoms with Crippen molar-refractivity contribution < 1.29 is 9.13 Å². The zero-order valence-corrected chi connectivity index (χ0v) is 17.5. The molecule has 1 unspecified atom stereocenters. The Labute approximate surface area is 178 Å². The molecule has 0 bridgehead atoms. The highest BCUT2D eigenvalue weighted by Crippen LogP contribution is 2.49. The van der Waals surface area contributed by atoms with E-state index in [0.717, 1.165) is 32.1 Å². The third-order valence-corrected chi connectivity index (χ3v) is 7.00. The highest BCUT2D eigenvalue weighted by molar-refractivity contribution is 5.91. The van der Waals surface area contributed by atoms with Crippen molar-refractivity contribution in [1.29, 1.82) is 0 Å². The van der Waals surface area contributed by atoms with Gasteiger partial charge in [0.05, 0.1) is 19.0 Å². The van der Waals surface area contributed by atoms with E-state index in [9.17, 15) is 9.59 Å². The maximum atomic E-state index is 15.3. The van der Waals surface area contributed by atoms with Crippen molar-refractivity contribution in [3.63, 3.8) is 0 Å². The van der Waals surface area contributed by atoms with Crippen LogP contribution in [0.4, 0.5) is 10.1 Å². The number of hydrogen-bond acceptors (Lipinski definition) is 5. The Morgan fingerprint density at radius 1 is 1.35 bits per heavy atom. The molecule has 1 aromatic carbocycles. The van der Waals surface area contributed by atoms with E-state index in [-0.39, 0.29) is 22.7 Å². The monoisotopic (exact) mass is 427 g/mol. The van der Waals surface area contributed by atoms with E-state index in [1.807, 2.05) is 4.90 Å². The number of ether oxygens (including phenoxy) is 1. The second-order valence-electron chi connectivity index (χ2n) is 8.89. The Bertz CT molecular complexity index is 1190. The van der Waals surface area contributed by atoms with Gasteiger partial charge in [-0.2, -0.15) is 0 Å². The normalized spacial score (nSPS) is 22.0. The van der Waals surface area contributed by atoms with Crippen LogP contribution in [0.1, 0.15) is 38.1 Å². The largest absolute Gasteiger partial charge is 0.492 e. The summed E-state index contributed by atoms with van der Waals surface area (Å²) in [6.45, 7) is 9.44. The summed E-state index contributed by atoms with van der Waals surface area (Å²) in [6, 6.07) is 1.24. The van der Waals surface area contributed by atoms with Crippen molar-refractivity contribution in [2.75, 3.05) is 38.2 Å². The van der Waals surface area contributed by atoms with Gasteiger partial charge in [-0.05, 0) is 44.1 Å². The molecule has 3 fully saturated rings. The number of aromatic amines is 1. The van der Waals surface area contributed by atoms with Gasteiger partial charge in [-0.1, -0.05) is 0 Å². The third kappa shape index (κ3) is 3.30. The Morgan fingerprint density at radius 3 is 2.77 bits per heavy atom. The van der Waals surface area contributed by atoms with Crippen LogP contribution in [0.3, 0.4) is 0 Å². The Balaban J connectivity index is 1.55. The number of fused-ring (bicyclic) bond motifs is 1. The van der Waals surface area contributed by atoms with Gasteiger partial charge in [0.25, 0.3) is 5.56 Å². The molecule has 5 rings (SSSR count). The minimum atomic E-state index is -0.596. The van der Waals surface area contributed by atoms with Crippen LogP contribution >= 0.6 is 0 Å². The summed E-state index contributed by atoms with van der Waals surface area (Å²) in [6.07, 6.45) is 4.74. The number of rotatable bonds is 7. The van der Waals surface area contributed by atoms with Crippen LogP contribution in [-0.2, 0) is 0 Å². The number of aromatic nitrogens is 2. The fraction of sp³-hybridized carbons (Fsp3) is 0.591. The molecule has 8 nitrogen and oxygen atoms in total. The number of methoxy groups -OCH3 is 1. The first-order chi connectivity index (χ1) is 15.0. The van der Waals surface area contributed by atoms with Gasteiger partial charge in [-0.15, -0.1) is 0 Å². The number of H-pyrrole nitrogens is 1. The number of halogens is 1. The van der Waals surface area contributed by atoms with Gasteiger partial charge >= 0.3 is 5.69 Å². The van der Waals surface area contributed by atoms with E-state index in [1.165, 1.54) is 13.2 Å². The Kier molecular flexibility index (Phi) is 4.77. The van der Waals surface area contributed by atoms with Crippen LogP contribution in [0, 0.1) is 18.3 Å². The lowest BCUT2D eigenvalue weighted by molar-refractivity contribution is 0.362. The molecule has 2 N–H and O–H groups in total. The van der Waals surface area contributed by atoms with Crippen LogP contribution in [0.15, 0.2) is 15.7 Å². The minimum Gasteiger partial charge on any atom is -0.492 e. The Morgan fingerprint density at radius 2 is 2.13 bits per heavy atom. The number of benzene rings is 1. The summed E-state index contributed by atoms with van der Waals surface area (Å²) in [5.41, 5.74) is -0.325. The van der Waals surface area contributed by atoms with E-state index in [1.54, 1.807) is 4.57 Å². The summed E-state index contributed by atoms with van der Waals surface area (Å²) in [7, 11) is 1.46. The molecule has 2 aromatic rings. The molecule has 31 heavy (non-hydrogen) atoms. The van der Waals surface area contributed by atoms with Crippen molar-refractivity contribution in [2.24, 2.45) is 5.92 Å². The van der Waals surface area contributed by atoms with E-state index in [0.29, 0.717) is 43.3 Å².